The van der Waals surface area contributed by atoms with Gasteiger partial charge in [-0.05, 0) is 18.8 Å². The zero-order valence-corrected chi connectivity index (χ0v) is 9.43. The predicted molar refractivity (Wildman–Crippen MR) is 53.4 cm³/mol. The lowest BCUT2D eigenvalue weighted by molar-refractivity contribution is -0.630. The normalized spacial score (nSPS) is 29.3. The highest BCUT2D eigenvalue weighted by Crippen LogP contribution is 2.34. The molecule has 0 heterocycles. The maximum Gasteiger partial charge on any atom is 0.206 e. The molecule has 2 unspecified atom stereocenters. The number of hydrogen-bond donors (Lipinski definition) is 1. The molecule has 2 atom stereocenters. The molecule has 1 fully saturated rings. The third-order valence-electron chi connectivity index (χ3n) is 3.31. The molecule has 1 aliphatic rings. The van der Waals surface area contributed by atoms with Gasteiger partial charge in [0, 0.05) is 20.3 Å². The summed E-state index contributed by atoms with van der Waals surface area (Å²) in [6.07, 6.45) is 2.16. The maximum absolute atomic E-state index is 11.8. The highest BCUT2D eigenvalue weighted by molar-refractivity contribution is 5.82. The Kier molecular flexibility index (Phi) is 3.31. The first-order valence-corrected chi connectivity index (χ1v) is 5.24. The highest BCUT2D eigenvalue weighted by Gasteiger charge is 2.45. The number of hydroxylamine groups is 1. The van der Waals surface area contributed by atoms with Crippen LogP contribution in [-0.2, 0) is 4.79 Å². The van der Waals surface area contributed by atoms with Gasteiger partial charge in [-0.3, -0.25) is 4.79 Å². The zero-order chi connectivity index (χ0) is 11.6. The quantitative estimate of drug-likeness (QED) is 0.434. The number of nitrogens with zero attached hydrogens (tertiary/aromatic N) is 2. The number of carbonyl (C=O) groups is 1. The lowest BCUT2D eigenvalue weighted by Gasteiger charge is -2.32. The topological polar surface area (TPSA) is 75.7 Å². The van der Waals surface area contributed by atoms with Crippen molar-refractivity contribution >= 4 is 5.78 Å². The molecule has 0 bridgehead atoms. The molecule has 0 saturated heterocycles. The molecule has 86 valence electrons. The molecule has 0 amide bonds. The molecule has 0 aliphatic heterocycles. The molecular formula is C10H18N2O3. The SMILES string of the molecule is CC1CCC(C(C)(C)/[N+]([O-])=N/O)C(=O)C1. The molecule has 0 radical (unpaired) electrons. The number of rotatable bonds is 2. The van der Waals surface area contributed by atoms with Crippen LogP contribution in [0.15, 0.2) is 5.28 Å². The lowest BCUT2D eigenvalue weighted by Crippen LogP contribution is -2.46. The van der Waals surface area contributed by atoms with Gasteiger partial charge in [0.25, 0.3) is 0 Å². The van der Waals surface area contributed by atoms with E-state index in [2.05, 4.69) is 5.28 Å². The summed E-state index contributed by atoms with van der Waals surface area (Å²) in [5.74, 6) is 0.168. The van der Waals surface area contributed by atoms with Gasteiger partial charge >= 0.3 is 0 Å². The van der Waals surface area contributed by atoms with Gasteiger partial charge in [0.15, 0.2) is 5.28 Å². The number of ketones is 1. The Morgan fingerprint density at radius 3 is 2.60 bits per heavy atom. The van der Waals surface area contributed by atoms with Crippen LogP contribution in [0.5, 0.6) is 0 Å². The fourth-order valence-corrected chi connectivity index (χ4v) is 2.20. The van der Waals surface area contributed by atoms with Crippen molar-refractivity contribution in [3.8, 4) is 0 Å². The summed E-state index contributed by atoms with van der Waals surface area (Å²) in [7, 11) is 0. The van der Waals surface area contributed by atoms with Crippen LogP contribution < -0.4 is 0 Å². The van der Waals surface area contributed by atoms with Crippen molar-refractivity contribution in [3.63, 3.8) is 0 Å². The lowest BCUT2D eigenvalue weighted by atomic mass is 9.73. The van der Waals surface area contributed by atoms with Crippen molar-refractivity contribution in [2.45, 2.75) is 45.6 Å². The maximum atomic E-state index is 11.8. The van der Waals surface area contributed by atoms with Gasteiger partial charge in [-0.1, -0.05) is 11.8 Å². The van der Waals surface area contributed by atoms with Crippen molar-refractivity contribution in [2.75, 3.05) is 0 Å². The average Bonchev–Trinajstić information content (AvgIpc) is 2.15. The Morgan fingerprint density at radius 2 is 2.13 bits per heavy atom. The summed E-state index contributed by atoms with van der Waals surface area (Å²) in [4.78, 5) is 12.0. The number of carbonyl (C=O) groups excluding carboxylic acids is 1. The summed E-state index contributed by atoms with van der Waals surface area (Å²) in [5, 5.41) is 22.4. The van der Waals surface area contributed by atoms with Crippen molar-refractivity contribution in [1.29, 1.82) is 0 Å². The van der Waals surface area contributed by atoms with E-state index in [0.717, 1.165) is 6.42 Å². The standard InChI is InChI=1S/C10H18N2O3/c1-7-4-5-8(9(13)6-7)10(2,3)12(15)11-14/h7-8,14H,4-6H2,1-3H3/b12-11-. The molecule has 1 N–H and O–H groups in total. The molecule has 1 saturated carbocycles. The van der Waals surface area contributed by atoms with Crippen LogP contribution in [0.3, 0.4) is 0 Å². The van der Waals surface area contributed by atoms with Crippen LogP contribution in [0.2, 0.25) is 0 Å². The molecule has 0 spiro atoms. The molecule has 15 heavy (non-hydrogen) atoms. The monoisotopic (exact) mass is 214 g/mol. The van der Waals surface area contributed by atoms with E-state index in [1.807, 2.05) is 6.92 Å². The molecule has 0 aromatic carbocycles. The van der Waals surface area contributed by atoms with Crippen LogP contribution in [-0.4, -0.2) is 21.4 Å². The van der Waals surface area contributed by atoms with Gasteiger partial charge in [0.2, 0.25) is 5.54 Å². The van der Waals surface area contributed by atoms with E-state index < -0.39 is 5.54 Å². The first kappa shape index (κ1) is 11.9. The van der Waals surface area contributed by atoms with Gasteiger partial charge in [-0.2, -0.15) is 0 Å². The first-order chi connectivity index (χ1) is 6.89. The molecular weight excluding hydrogens is 196 g/mol. The second-order valence-corrected chi connectivity index (χ2v) is 4.92. The van der Waals surface area contributed by atoms with Gasteiger partial charge in [0.1, 0.15) is 5.78 Å². The van der Waals surface area contributed by atoms with Crippen molar-refractivity contribution in [3.05, 3.63) is 5.21 Å². The minimum atomic E-state index is -0.952. The Labute approximate surface area is 89.3 Å². The van der Waals surface area contributed by atoms with Crippen LogP contribution in [0.1, 0.15) is 40.0 Å². The van der Waals surface area contributed by atoms with E-state index in [1.165, 1.54) is 0 Å². The fourth-order valence-electron chi connectivity index (χ4n) is 2.20. The Balaban J connectivity index is 2.84. The number of Topliss-reactive ketones (excluding diaryl/α,β-unsaturated/α-hetero) is 1. The highest BCUT2D eigenvalue weighted by atomic mass is 16.6. The fraction of sp³-hybridized carbons (Fsp3) is 0.900. The van der Waals surface area contributed by atoms with E-state index in [-0.39, 0.29) is 16.6 Å². The summed E-state index contributed by atoms with van der Waals surface area (Å²) in [5.41, 5.74) is -0.952. The van der Waals surface area contributed by atoms with Crippen molar-refractivity contribution < 1.29 is 14.9 Å². The average molecular weight is 214 g/mol. The number of hydrogen-bond acceptors (Lipinski definition) is 3. The Hall–Kier alpha value is -1.13. The molecule has 0 aromatic heterocycles. The van der Waals surface area contributed by atoms with Crippen LogP contribution >= 0.6 is 0 Å². The molecule has 5 heteroatoms. The van der Waals surface area contributed by atoms with E-state index >= 15 is 0 Å². The summed E-state index contributed by atoms with van der Waals surface area (Å²) in [6.45, 7) is 5.31. The third-order valence-corrected chi connectivity index (χ3v) is 3.31. The Morgan fingerprint density at radius 1 is 1.53 bits per heavy atom. The summed E-state index contributed by atoms with van der Waals surface area (Å²) in [6, 6.07) is 0. The van der Waals surface area contributed by atoms with E-state index in [0.29, 0.717) is 18.8 Å². The minimum absolute atomic E-state index is 0.100. The predicted octanol–water partition coefficient (Wildman–Crippen LogP) is 2.12. The van der Waals surface area contributed by atoms with Gasteiger partial charge in [-0.15, -0.1) is 0 Å². The third kappa shape index (κ3) is 2.27. The molecule has 1 aliphatic carbocycles. The van der Waals surface area contributed by atoms with E-state index in [1.54, 1.807) is 13.8 Å². The van der Waals surface area contributed by atoms with Crippen LogP contribution in [0.25, 0.3) is 0 Å². The van der Waals surface area contributed by atoms with Crippen molar-refractivity contribution in [1.82, 2.24) is 0 Å². The molecule has 0 aromatic rings. The first-order valence-electron chi connectivity index (χ1n) is 5.24. The van der Waals surface area contributed by atoms with E-state index in [9.17, 15) is 10.0 Å². The van der Waals surface area contributed by atoms with E-state index in [4.69, 9.17) is 5.21 Å². The van der Waals surface area contributed by atoms with Crippen LogP contribution in [0.4, 0.5) is 0 Å². The second kappa shape index (κ2) is 4.16. The minimum Gasteiger partial charge on any atom is -0.597 e. The summed E-state index contributed by atoms with van der Waals surface area (Å²) >= 11 is 0. The van der Waals surface area contributed by atoms with Crippen LogP contribution in [0, 0.1) is 17.0 Å². The van der Waals surface area contributed by atoms with Gasteiger partial charge in [0.05, 0.1) is 5.92 Å². The zero-order valence-electron chi connectivity index (χ0n) is 9.43. The summed E-state index contributed by atoms with van der Waals surface area (Å²) < 4.78 is 0. The second-order valence-electron chi connectivity index (χ2n) is 4.92. The molecule has 5 nitrogen and oxygen atoms in total. The van der Waals surface area contributed by atoms with Gasteiger partial charge in [-0.25, -0.2) is 0 Å². The van der Waals surface area contributed by atoms with Crippen molar-refractivity contribution in [2.24, 2.45) is 17.1 Å². The van der Waals surface area contributed by atoms with Gasteiger partial charge < -0.3 is 10.4 Å². The Bertz CT molecular complexity index is 286. The molecule has 1 rings (SSSR count). The smallest absolute Gasteiger partial charge is 0.206 e. The largest absolute Gasteiger partial charge is 0.597 e.